The molecule has 1 N–H and O–H groups in total. The summed E-state index contributed by atoms with van der Waals surface area (Å²) in [5, 5.41) is 2.63. The summed E-state index contributed by atoms with van der Waals surface area (Å²) < 4.78 is 17.8. The second-order valence-corrected chi connectivity index (χ2v) is 3.98. The number of hydrogen-bond donors (Lipinski definition) is 1. The number of hydrogen-bond acceptors (Lipinski definition) is 3. The summed E-state index contributed by atoms with van der Waals surface area (Å²) in [5.74, 6) is -1.76. The number of halogens is 1. The first kappa shape index (κ1) is 14.2. The summed E-state index contributed by atoms with van der Waals surface area (Å²) in [7, 11) is 1.17. The first-order valence-corrected chi connectivity index (χ1v) is 5.68. The summed E-state index contributed by atoms with van der Waals surface area (Å²) >= 11 is 0. The zero-order chi connectivity index (χ0) is 13.7. The molecule has 1 aromatic carbocycles. The van der Waals surface area contributed by atoms with E-state index >= 15 is 0 Å². The maximum absolute atomic E-state index is 13.4. The molecule has 98 valence electrons. The topological polar surface area (TPSA) is 55.4 Å². The number of carbonyl (C=O) groups is 2. The van der Waals surface area contributed by atoms with Crippen molar-refractivity contribution in [1.82, 2.24) is 0 Å². The average Bonchev–Trinajstić information content (AvgIpc) is 2.38. The highest BCUT2D eigenvalue weighted by Gasteiger charge is 2.15. The van der Waals surface area contributed by atoms with Crippen molar-refractivity contribution < 1.29 is 18.7 Å². The van der Waals surface area contributed by atoms with E-state index in [0.29, 0.717) is 12.1 Å². The molecule has 0 radical (unpaired) electrons. The van der Waals surface area contributed by atoms with E-state index in [0.717, 1.165) is 6.07 Å². The lowest BCUT2D eigenvalue weighted by molar-refractivity contribution is -0.119. The van der Waals surface area contributed by atoms with Crippen LogP contribution in [0, 0.1) is 11.7 Å². The van der Waals surface area contributed by atoms with Crippen molar-refractivity contribution in [2.75, 3.05) is 12.4 Å². The van der Waals surface area contributed by atoms with E-state index in [2.05, 4.69) is 10.1 Å². The van der Waals surface area contributed by atoms with Crippen molar-refractivity contribution in [3.63, 3.8) is 0 Å². The molecule has 0 spiro atoms. The maximum atomic E-state index is 13.4. The lowest BCUT2D eigenvalue weighted by Crippen LogP contribution is -2.20. The van der Waals surface area contributed by atoms with Crippen LogP contribution in [0.1, 0.15) is 30.6 Å². The van der Waals surface area contributed by atoms with Gasteiger partial charge in [-0.2, -0.15) is 0 Å². The van der Waals surface area contributed by atoms with Crippen LogP contribution in [0.5, 0.6) is 0 Å². The Morgan fingerprint density at radius 3 is 2.67 bits per heavy atom. The third kappa shape index (κ3) is 3.29. The van der Waals surface area contributed by atoms with Gasteiger partial charge in [0.15, 0.2) is 0 Å². The van der Waals surface area contributed by atoms with Crippen LogP contribution in [0.15, 0.2) is 18.2 Å². The van der Waals surface area contributed by atoms with E-state index in [9.17, 15) is 14.0 Å². The average molecular weight is 253 g/mol. The molecule has 0 aromatic heterocycles. The van der Waals surface area contributed by atoms with E-state index < -0.39 is 11.8 Å². The number of nitrogens with one attached hydrogen (secondary N) is 1. The molecule has 0 heterocycles. The molecule has 5 heteroatoms. The van der Waals surface area contributed by atoms with Gasteiger partial charge in [-0.15, -0.1) is 0 Å². The van der Waals surface area contributed by atoms with E-state index in [1.54, 1.807) is 6.92 Å². The number of ether oxygens (including phenoxy) is 1. The van der Waals surface area contributed by atoms with Crippen LogP contribution in [-0.4, -0.2) is 19.0 Å². The van der Waals surface area contributed by atoms with Gasteiger partial charge in [0.25, 0.3) is 0 Å². The number of rotatable bonds is 4. The third-order valence-electron chi connectivity index (χ3n) is 2.70. The van der Waals surface area contributed by atoms with Gasteiger partial charge in [-0.25, -0.2) is 9.18 Å². The molecule has 0 saturated carbocycles. The number of anilines is 1. The van der Waals surface area contributed by atoms with Crippen LogP contribution in [0.3, 0.4) is 0 Å². The van der Waals surface area contributed by atoms with Gasteiger partial charge in [-0.3, -0.25) is 4.79 Å². The first-order valence-electron chi connectivity index (χ1n) is 5.68. The molecule has 0 fully saturated rings. The zero-order valence-corrected chi connectivity index (χ0v) is 10.6. The molecular weight excluding hydrogens is 237 g/mol. The van der Waals surface area contributed by atoms with Crippen LogP contribution in [0.2, 0.25) is 0 Å². The van der Waals surface area contributed by atoms with Gasteiger partial charge in [0.05, 0.1) is 12.7 Å². The van der Waals surface area contributed by atoms with Crippen LogP contribution in [0.4, 0.5) is 10.1 Å². The zero-order valence-electron chi connectivity index (χ0n) is 10.6. The van der Waals surface area contributed by atoms with Crippen molar-refractivity contribution in [2.45, 2.75) is 20.3 Å². The third-order valence-corrected chi connectivity index (χ3v) is 2.70. The van der Waals surface area contributed by atoms with Crippen LogP contribution in [-0.2, 0) is 9.53 Å². The maximum Gasteiger partial charge on any atom is 0.340 e. The van der Waals surface area contributed by atoms with Crippen LogP contribution >= 0.6 is 0 Å². The molecule has 1 aromatic rings. The number of amides is 1. The lowest BCUT2D eigenvalue weighted by atomic mass is 10.1. The quantitative estimate of drug-likeness (QED) is 0.839. The van der Waals surface area contributed by atoms with Gasteiger partial charge in [0, 0.05) is 11.6 Å². The smallest absolute Gasteiger partial charge is 0.340 e. The van der Waals surface area contributed by atoms with Crippen molar-refractivity contribution in [2.24, 2.45) is 5.92 Å². The van der Waals surface area contributed by atoms with Crippen molar-refractivity contribution in [3.8, 4) is 0 Å². The highest BCUT2D eigenvalue weighted by molar-refractivity contribution is 5.95. The Balaban J connectivity index is 2.92. The van der Waals surface area contributed by atoms with E-state index in [1.165, 1.54) is 19.2 Å². The summed E-state index contributed by atoms with van der Waals surface area (Å²) in [6.07, 6.45) is 0.705. The molecular formula is C13H16FNO3. The van der Waals surface area contributed by atoms with E-state index in [4.69, 9.17) is 0 Å². The minimum atomic E-state index is -0.771. The number of esters is 1. The molecule has 1 rings (SSSR count). The predicted molar refractivity (Wildman–Crippen MR) is 65.8 cm³/mol. The van der Waals surface area contributed by atoms with Crippen LogP contribution in [0.25, 0.3) is 0 Å². The molecule has 0 aliphatic heterocycles. The molecule has 1 amide bonds. The van der Waals surface area contributed by atoms with Gasteiger partial charge in [-0.05, 0) is 24.6 Å². The molecule has 1 unspecified atom stereocenters. The number of benzene rings is 1. The minimum absolute atomic E-state index is 0.142. The molecule has 1 atom stereocenters. The molecule has 0 aliphatic carbocycles. The van der Waals surface area contributed by atoms with Crippen LogP contribution < -0.4 is 5.32 Å². The number of methoxy groups -OCH3 is 1. The Bertz CT molecular complexity index is 460. The highest BCUT2D eigenvalue weighted by atomic mass is 19.1. The van der Waals surface area contributed by atoms with E-state index in [-0.39, 0.29) is 17.4 Å². The fraction of sp³-hybridized carbons (Fsp3) is 0.385. The Morgan fingerprint density at radius 2 is 2.11 bits per heavy atom. The fourth-order valence-electron chi connectivity index (χ4n) is 1.32. The summed E-state index contributed by atoms with van der Waals surface area (Å²) in [6.45, 7) is 3.69. The van der Waals surface area contributed by atoms with Gasteiger partial charge in [-0.1, -0.05) is 13.8 Å². The normalized spacial score (nSPS) is 11.8. The van der Waals surface area contributed by atoms with Crippen molar-refractivity contribution >= 4 is 17.6 Å². The van der Waals surface area contributed by atoms with Gasteiger partial charge in [0.2, 0.25) is 5.91 Å². The molecule has 18 heavy (non-hydrogen) atoms. The largest absolute Gasteiger partial charge is 0.465 e. The highest BCUT2D eigenvalue weighted by Crippen LogP contribution is 2.17. The Hall–Kier alpha value is -1.91. The van der Waals surface area contributed by atoms with Gasteiger partial charge < -0.3 is 10.1 Å². The lowest BCUT2D eigenvalue weighted by Gasteiger charge is -2.11. The summed E-state index contributed by atoms with van der Waals surface area (Å²) in [4.78, 5) is 22.9. The van der Waals surface area contributed by atoms with E-state index in [1.807, 2.05) is 6.92 Å². The Morgan fingerprint density at radius 1 is 1.44 bits per heavy atom. The van der Waals surface area contributed by atoms with Gasteiger partial charge in [0.1, 0.15) is 5.82 Å². The summed E-state index contributed by atoms with van der Waals surface area (Å²) in [5.41, 5.74) is 0.182. The molecule has 0 bridgehead atoms. The van der Waals surface area contributed by atoms with Gasteiger partial charge >= 0.3 is 5.97 Å². The second-order valence-electron chi connectivity index (χ2n) is 3.98. The number of carbonyl (C=O) groups excluding carboxylic acids is 2. The summed E-state index contributed by atoms with van der Waals surface area (Å²) in [6, 6.07) is 3.79. The monoisotopic (exact) mass is 253 g/mol. The Kier molecular flexibility index (Phi) is 4.83. The molecule has 0 saturated heterocycles. The fourth-order valence-corrected chi connectivity index (χ4v) is 1.32. The molecule has 4 nitrogen and oxygen atoms in total. The second kappa shape index (κ2) is 6.14. The van der Waals surface area contributed by atoms with Crippen molar-refractivity contribution in [1.29, 1.82) is 0 Å². The van der Waals surface area contributed by atoms with Crippen molar-refractivity contribution in [3.05, 3.63) is 29.6 Å². The minimum Gasteiger partial charge on any atom is -0.465 e. The first-order chi connectivity index (χ1) is 8.49. The predicted octanol–water partition coefficient (Wildman–Crippen LogP) is 2.60. The SMILES string of the molecule is CCC(C)C(=O)Nc1ccc(F)c(C(=O)OC)c1. The Labute approximate surface area is 105 Å². The molecule has 0 aliphatic rings. The standard InChI is InChI=1S/C13H16FNO3/c1-4-8(2)12(16)15-9-5-6-11(14)10(7-9)13(17)18-3/h5-8H,4H2,1-3H3,(H,15,16).